The summed E-state index contributed by atoms with van der Waals surface area (Å²) in [6.07, 6.45) is 6.54. The Labute approximate surface area is 117 Å². The van der Waals surface area contributed by atoms with Crippen LogP contribution in [-0.4, -0.2) is 61.5 Å². The number of aliphatic hydroxyl groups excluding tert-OH is 1. The molecule has 2 N–H and O–H groups in total. The SMILES string of the molecule is C[C@H](O)CN1CCC(CNC[C@@H]2CCCCO2)CC1. The van der Waals surface area contributed by atoms with Crippen molar-refractivity contribution in [2.45, 2.75) is 51.2 Å². The summed E-state index contributed by atoms with van der Waals surface area (Å²) in [5.41, 5.74) is 0. The molecule has 2 atom stereocenters. The van der Waals surface area contributed by atoms with Crippen LogP contribution >= 0.6 is 0 Å². The molecular formula is C15H30N2O2. The van der Waals surface area contributed by atoms with Crippen molar-refractivity contribution < 1.29 is 9.84 Å². The number of likely N-dealkylation sites (tertiary alicyclic amines) is 1. The van der Waals surface area contributed by atoms with Crippen LogP contribution in [0.5, 0.6) is 0 Å². The molecule has 0 aromatic heterocycles. The number of hydrogen-bond donors (Lipinski definition) is 2. The van der Waals surface area contributed by atoms with E-state index in [1.165, 1.54) is 32.1 Å². The molecule has 4 nitrogen and oxygen atoms in total. The Hall–Kier alpha value is -0.160. The number of nitrogens with zero attached hydrogens (tertiary/aromatic N) is 1. The first-order valence-electron chi connectivity index (χ1n) is 7.97. The zero-order valence-corrected chi connectivity index (χ0v) is 12.3. The van der Waals surface area contributed by atoms with Gasteiger partial charge in [-0.1, -0.05) is 0 Å². The van der Waals surface area contributed by atoms with E-state index in [0.29, 0.717) is 6.10 Å². The van der Waals surface area contributed by atoms with Crippen molar-refractivity contribution in [2.75, 3.05) is 39.3 Å². The van der Waals surface area contributed by atoms with Gasteiger partial charge >= 0.3 is 0 Å². The highest BCUT2D eigenvalue weighted by Crippen LogP contribution is 2.17. The van der Waals surface area contributed by atoms with Gasteiger partial charge in [-0.2, -0.15) is 0 Å². The fourth-order valence-corrected chi connectivity index (χ4v) is 3.16. The minimum Gasteiger partial charge on any atom is -0.392 e. The highest BCUT2D eigenvalue weighted by Gasteiger charge is 2.20. The summed E-state index contributed by atoms with van der Waals surface area (Å²) in [4.78, 5) is 2.38. The molecule has 2 aliphatic rings. The molecular weight excluding hydrogens is 240 g/mol. The van der Waals surface area contributed by atoms with Crippen LogP contribution in [-0.2, 0) is 4.74 Å². The van der Waals surface area contributed by atoms with Gasteiger partial charge in [0.05, 0.1) is 12.2 Å². The molecule has 2 rings (SSSR count). The van der Waals surface area contributed by atoms with Crippen LogP contribution in [0.2, 0.25) is 0 Å². The summed E-state index contributed by atoms with van der Waals surface area (Å²) >= 11 is 0. The summed E-state index contributed by atoms with van der Waals surface area (Å²) in [5.74, 6) is 0.800. The maximum Gasteiger partial charge on any atom is 0.0699 e. The third-order valence-electron chi connectivity index (χ3n) is 4.31. The van der Waals surface area contributed by atoms with E-state index in [0.717, 1.165) is 45.2 Å². The lowest BCUT2D eigenvalue weighted by Crippen LogP contribution is -2.41. The lowest BCUT2D eigenvalue weighted by Gasteiger charge is -2.33. The van der Waals surface area contributed by atoms with E-state index in [-0.39, 0.29) is 6.10 Å². The number of ether oxygens (including phenoxy) is 1. The van der Waals surface area contributed by atoms with Crippen LogP contribution in [0.4, 0.5) is 0 Å². The molecule has 2 aliphatic heterocycles. The third kappa shape index (κ3) is 5.78. The first kappa shape index (κ1) is 15.2. The number of nitrogens with one attached hydrogen (secondary N) is 1. The van der Waals surface area contributed by atoms with Gasteiger partial charge in [0.25, 0.3) is 0 Å². The average molecular weight is 270 g/mol. The molecule has 112 valence electrons. The molecule has 0 aliphatic carbocycles. The molecule has 0 amide bonds. The Kier molecular flexibility index (Phi) is 6.57. The number of hydrogen-bond acceptors (Lipinski definition) is 4. The van der Waals surface area contributed by atoms with Crippen LogP contribution in [0, 0.1) is 5.92 Å². The van der Waals surface area contributed by atoms with Gasteiger partial charge in [0.15, 0.2) is 0 Å². The predicted molar refractivity (Wildman–Crippen MR) is 77.3 cm³/mol. The van der Waals surface area contributed by atoms with Crippen LogP contribution in [0.15, 0.2) is 0 Å². The van der Waals surface area contributed by atoms with Gasteiger partial charge in [0, 0.05) is 19.7 Å². The van der Waals surface area contributed by atoms with Gasteiger partial charge in [-0.25, -0.2) is 0 Å². The largest absolute Gasteiger partial charge is 0.392 e. The quantitative estimate of drug-likeness (QED) is 0.762. The molecule has 2 heterocycles. The summed E-state index contributed by atoms with van der Waals surface area (Å²) in [6, 6.07) is 0. The van der Waals surface area contributed by atoms with Crippen molar-refractivity contribution >= 4 is 0 Å². The molecule has 2 fully saturated rings. The maximum atomic E-state index is 9.39. The van der Waals surface area contributed by atoms with Crippen LogP contribution in [0.3, 0.4) is 0 Å². The van der Waals surface area contributed by atoms with Gasteiger partial charge in [-0.05, 0) is 64.6 Å². The number of rotatable bonds is 6. The number of aliphatic hydroxyl groups is 1. The first-order valence-corrected chi connectivity index (χ1v) is 7.97. The van der Waals surface area contributed by atoms with E-state index in [9.17, 15) is 5.11 Å². The second-order valence-corrected chi connectivity index (χ2v) is 6.24. The van der Waals surface area contributed by atoms with E-state index >= 15 is 0 Å². The van der Waals surface area contributed by atoms with Crippen molar-refractivity contribution in [3.63, 3.8) is 0 Å². The highest BCUT2D eigenvalue weighted by atomic mass is 16.5. The smallest absolute Gasteiger partial charge is 0.0699 e. The van der Waals surface area contributed by atoms with Gasteiger partial charge in [0.1, 0.15) is 0 Å². The molecule has 19 heavy (non-hydrogen) atoms. The average Bonchev–Trinajstić information content (AvgIpc) is 2.41. The lowest BCUT2D eigenvalue weighted by molar-refractivity contribution is 0.0159. The zero-order chi connectivity index (χ0) is 13.5. The maximum absolute atomic E-state index is 9.39. The van der Waals surface area contributed by atoms with Crippen molar-refractivity contribution in [2.24, 2.45) is 5.92 Å². The van der Waals surface area contributed by atoms with E-state index < -0.39 is 0 Å². The Morgan fingerprint density at radius 3 is 2.63 bits per heavy atom. The van der Waals surface area contributed by atoms with Crippen LogP contribution < -0.4 is 5.32 Å². The monoisotopic (exact) mass is 270 g/mol. The molecule has 0 bridgehead atoms. The number of piperidine rings is 1. The Bertz CT molecular complexity index is 234. The summed E-state index contributed by atoms with van der Waals surface area (Å²) in [7, 11) is 0. The fraction of sp³-hybridized carbons (Fsp3) is 1.00. The minimum atomic E-state index is -0.196. The molecule has 0 aromatic carbocycles. The van der Waals surface area contributed by atoms with Crippen molar-refractivity contribution in [3.8, 4) is 0 Å². The van der Waals surface area contributed by atoms with E-state index in [1.54, 1.807) is 0 Å². The lowest BCUT2D eigenvalue weighted by atomic mass is 9.96. The van der Waals surface area contributed by atoms with E-state index in [1.807, 2.05) is 6.92 Å². The van der Waals surface area contributed by atoms with Crippen molar-refractivity contribution in [1.82, 2.24) is 10.2 Å². The predicted octanol–water partition coefficient (Wildman–Crippen LogP) is 1.24. The van der Waals surface area contributed by atoms with Gasteiger partial charge in [-0.15, -0.1) is 0 Å². The first-order chi connectivity index (χ1) is 9.24. The molecule has 4 heteroatoms. The normalized spacial score (nSPS) is 28.4. The second-order valence-electron chi connectivity index (χ2n) is 6.24. The summed E-state index contributed by atoms with van der Waals surface area (Å²) < 4.78 is 5.73. The van der Waals surface area contributed by atoms with E-state index in [2.05, 4.69) is 10.2 Å². The van der Waals surface area contributed by atoms with Crippen molar-refractivity contribution in [1.29, 1.82) is 0 Å². The van der Waals surface area contributed by atoms with Crippen molar-refractivity contribution in [3.05, 3.63) is 0 Å². The summed E-state index contributed by atoms with van der Waals surface area (Å²) in [6.45, 7) is 8.07. The Morgan fingerprint density at radius 1 is 1.21 bits per heavy atom. The topological polar surface area (TPSA) is 44.7 Å². The molecule has 0 unspecified atom stereocenters. The molecule has 0 aromatic rings. The Morgan fingerprint density at radius 2 is 2.00 bits per heavy atom. The summed E-state index contributed by atoms with van der Waals surface area (Å²) in [5, 5.41) is 13.0. The van der Waals surface area contributed by atoms with Gasteiger partial charge < -0.3 is 20.1 Å². The standard InChI is InChI=1S/C15H30N2O2/c1-13(18)12-17-7-5-14(6-8-17)10-16-11-15-4-2-3-9-19-15/h13-16,18H,2-12H2,1H3/t13-,15-/m0/s1. The van der Waals surface area contributed by atoms with Gasteiger partial charge in [-0.3, -0.25) is 0 Å². The van der Waals surface area contributed by atoms with Gasteiger partial charge in [0.2, 0.25) is 0 Å². The Balaban J connectivity index is 1.53. The second kappa shape index (κ2) is 8.20. The van der Waals surface area contributed by atoms with E-state index in [4.69, 9.17) is 4.74 Å². The molecule has 0 spiro atoms. The number of β-amino-alcohol motifs (C(OH)–C–C–N with tert-alkyl or cyclic N) is 1. The van der Waals surface area contributed by atoms with Crippen LogP contribution in [0.1, 0.15) is 39.0 Å². The minimum absolute atomic E-state index is 0.196. The fourth-order valence-electron chi connectivity index (χ4n) is 3.16. The highest BCUT2D eigenvalue weighted by molar-refractivity contribution is 4.76. The molecule has 0 radical (unpaired) electrons. The van der Waals surface area contributed by atoms with Crippen LogP contribution in [0.25, 0.3) is 0 Å². The zero-order valence-electron chi connectivity index (χ0n) is 12.3. The third-order valence-corrected chi connectivity index (χ3v) is 4.31. The molecule has 0 saturated carbocycles. The molecule has 2 saturated heterocycles.